The molecule has 1 fully saturated rings. The highest BCUT2D eigenvalue weighted by molar-refractivity contribution is 7.09. The van der Waals surface area contributed by atoms with E-state index in [0.29, 0.717) is 37.8 Å². The van der Waals surface area contributed by atoms with Gasteiger partial charge in [0.1, 0.15) is 17.3 Å². The minimum absolute atomic E-state index is 0. The Kier molecular flexibility index (Phi) is 7.23. The maximum atomic E-state index is 13.8. The molecule has 2 heterocycles. The zero-order chi connectivity index (χ0) is 18.7. The molecule has 0 bridgehead atoms. The molecule has 2 N–H and O–H groups in total. The van der Waals surface area contributed by atoms with E-state index in [1.807, 2.05) is 0 Å². The lowest BCUT2D eigenvalue weighted by Crippen LogP contribution is -2.50. The van der Waals surface area contributed by atoms with Gasteiger partial charge in [0.2, 0.25) is 0 Å². The van der Waals surface area contributed by atoms with Crippen molar-refractivity contribution in [2.45, 2.75) is 6.42 Å². The standard InChI is InChI=1S/C17H18F2N4O2S.ClH/c18-11-1-2-12(13(19)9-11)16(24)22-5-7-23(8-6-22)17(25)14-10-26-15(21-14)3-4-20;/h1-2,9-10H,3-8,20H2;1H. The zero-order valence-corrected chi connectivity index (χ0v) is 16.0. The minimum atomic E-state index is -0.886. The van der Waals surface area contributed by atoms with Gasteiger partial charge in [0.05, 0.1) is 10.6 Å². The highest BCUT2D eigenvalue weighted by Crippen LogP contribution is 2.16. The van der Waals surface area contributed by atoms with E-state index in [0.717, 1.165) is 17.1 Å². The monoisotopic (exact) mass is 416 g/mol. The van der Waals surface area contributed by atoms with Crippen molar-refractivity contribution in [2.75, 3.05) is 32.7 Å². The van der Waals surface area contributed by atoms with Crippen molar-refractivity contribution in [1.29, 1.82) is 0 Å². The average molecular weight is 417 g/mol. The molecular formula is C17H19ClF2N4O2S. The second-order valence-corrected chi connectivity index (χ2v) is 6.82. The van der Waals surface area contributed by atoms with Gasteiger partial charge >= 0.3 is 0 Å². The van der Waals surface area contributed by atoms with Crippen LogP contribution in [0.2, 0.25) is 0 Å². The molecule has 0 saturated carbocycles. The summed E-state index contributed by atoms with van der Waals surface area (Å²) < 4.78 is 26.8. The van der Waals surface area contributed by atoms with Crippen molar-refractivity contribution in [3.63, 3.8) is 0 Å². The predicted octanol–water partition coefficient (Wildman–Crippen LogP) is 1.94. The number of amides is 2. The van der Waals surface area contributed by atoms with Crippen molar-refractivity contribution in [1.82, 2.24) is 14.8 Å². The molecule has 0 unspecified atom stereocenters. The summed E-state index contributed by atoms with van der Waals surface area (Å²) in [7, 11) is 0. The van der Waals surface area contributed by atoms with Crippen molar-refractivity contribution >= 4 is 35.6 Å². The van der Waals surface area contributed by atoms with Crippen LogP contribution in [0.15, 0.2) is 23.6 Å². The Morgan fingerprint density at radius 2 is 1.74 bits per heavy atom. The summed E-state index contributed by atoms with van der Waals surface area (Å²) in [6.07, 6.45) is 0.628. The number of carbonyl (C=O) groups excluding carboxylic acids is 2. The molecule has 0 atom stereocenters. The summed E-state index contributed by atoms with van der Waals surface area (Å²) in [6, 6.07) is 2.88. The smallest absolute Gasteiger partial charge is 0.273 e. The van der Waals surface area contributed by atoms with E-state index in [-0.39, 0.29) is 37.0 Å². The van der Waals surface area contributed by atoms with E-state index in [4.69, 9.17) is 5.73 Å². The molecule has 10 heteroatoms. The summed E-state index contributed by atoms with van der Waals surface area (Å²) in [6.45, 7) is 1.69. The van der Waals surface area contributed by atoms with Crippen molar-refractivity contribution in [2.24, 2.45) is 5.73 Å². The number of carbonyl (C=O) groups is 2. The Hall–Kier alpha value is -2.10. The molecule has 1 aromatic carbocycles. The summed E-state index contributed by atoms with van der Waals surface area (Å²) in [5, 5.41) is 2.52. The molecule has 3 rings (SSSR count). The average Bonchev–Trinajstić information content (AvgIpc) is 3.10. The van der Waals surface area contributed by atoms with E-state index in [9.17, 15) is 18.4 Å². The SMILES string of the molecule is Cl.NCCc1nc(C(=O)N2CCN(C(=O)c3ccc(F)cc3F)CC2)cs1. The molecule has 1 aromatic heterocycles. The molecule has 0 radical (unpaired) electrons. The first-order chi connectivity index (χ1) is 12.5. The predicted molar refractivity (Wildman–Crippen MR) is 100 cm³/mol. The van der Waals surface area contributed by atoms with Crippen LogP contribution in [0.25, 0.3) is 0 Å². The maximum absolute atomic E-state index is 13.8. The Morgan fingerprint density at radius 1 is 1.11 bits per heavy atom. The molecule has 1 aliphatic rings. The number of nitrogens with zero attached hydrogens (tertiary/aromatic N) is 3. The van der Waals surface area contributed by atoms with E-state index in [2.05, 4.69) is 4.98 Å². The van der Waals surface area contributed by atoms with Crippen molar-refractivity contribution in [3.8, 4) is 0 Å². The van der Waals surface area contributed by atoms with Gasteiger partial charge < -0.3 is 15.5 Å². The number of benzene rings is 1. The molecule has 146 valence electrons. The van der Waals surface area contributed by atoms with Gasteiger partial charge in [-0.2, -0.15) is 0 Å². The van der Waals surface area contributed by atoms with Crippen LogP contribution in [0.1, 0.15) is 25.9 Å². The number of piperazine rings is 1. The van der Waals surface area contributed by atoms with Crippen LogP contribution in [0.4, 0.5) is 8.78 Å². The van der Waals surface area contributed by atoms with Gasteiger partial charge in [-0.15, -0.1) is 23.7 Å². The summed E-state index contributed by atoms with van der Waals surface area (Å²) >= 11 is 1.40. The number of hydrogen-bond donors (Lipinski definition) is 1. The second-order valence-electron chi connectivity index (χ2n) is 5.87. The molecule has 27 heavy (non-hydrogen) atoms. The van der Waals surface area contributed by atoms with Gasteiger partial charge in [0, 0.05) is 44.0 Å². The lowest BCUT2D eigenvalue weighted by Gasteiger charge is -2.34. The van der Waals surface area contributed by atoms with Gasteiger partial charge in [-0.05, 0) is 18.7 Å². The van der Waals surface area contributed by atoms with E-state index in [1.54, 1.807) is 10.3 Å². The first-order valence-corrected chi connectivity index (χ1v) is 9.05. The quantitative estimate of drug-likeness (QED) is 0.826. The summed E-state index contributed by atoms with van der Waals surface area (Å²) in [5.74, 6) is -2.31. The molecule has 1 aliphatic heterocycles. The van der Waals surface area contributed by atoms with Gasteiger partial charge in [-0.1, -0.05) is 0 Å². The highest BCUT2D eigenvalue weighted by Gasteiger charge is 2.27. The lowest BCUT2D eigenvalue weighted by atomic mass is 10.1. The third-order valence-electron chi connectivity index (χ3n) is 4.14. The van der Waals surface area contributed by atoms with Crippen LogP contribution in [-0.4, -0.2) is 59.3 Å². The van der Waals surface area contributed by atoms with Gasteiger partial charge in [-0.3, -0.25) is 9.59 Å². The third-order valence-corrected chi connectivity index (χ3v) is 5.05. The Bertz CT molecular complexity index is 825. The summed E-state index contributed by atoms with van der Waals surface area (Å²) in [5.41, 5.74) is 5.69. The number of rotatable bonds is 4. The Morgan fingerprint density at radius 3 is 2.33 bits per heavy atom. The number of hydrogen-bond acceptors (Lipinski definition) is 5. The molecule has 0 aliphatic carbocycles. The topological polar surface area (TPSA) is 79.5 Å². The molecule has 2 aromatic rings. The normalized spacial score (nSPS) is 14.0. The Labute approximate surface area is 165 Å². The van der Waals surface area contributed by atoms with Gasteiger partial charge in [0.25, 0.3) is 11.8 Å². The molecular weight excluding hydrogens is 398 g/mol. The first-order valence-electron chi connectivity index (χ1n) is 8.17. The van der Waals surface area contributed by atoms with Gasteiger partial charge in [0.15, 0.2) is 0 Å². The largest absolute Gasteiger partial charge is 0.335 e. The fourth-order valence-corrected chi connectivity index (χ4v) is 3.54. The molecule has 1 saturated heterocycles. The Balaban J connectivity index is 0.00000261. The zero-order valence-electron chi connectivity index (χ0n) is 14.4. The first kappa shape index (κ1) is 21.2. The maximum Gasteiger partial charge on any atom is 0.273 e. The van der Waals surface area contributed by atoms with Crippen molar-refractivity contribution < 1.29 is 18.4 Å². The van der Waals surface area contributed by atoms with E-state index < -0.39 is 17.5 Å². The summed E-state index contributed by atoms with van der Waals surface area (Å²) in [4.78, 5) is 32.2. The minimum Gasteiger partial charge on any atom is -0.335 e. The molecule has 2 amide bonds. The van der Waals surface area contributed by atoms with Crippen LogP contribution in [-0.2, 0) is 6.42 Å². The lowest BCUT2D eigenvalue weighted by molar-refractivity contribution is 0.0530. The van der Waals surface area contributed by atoms with Gasteiger partial charge in [-0.25, -0.2) is 13.8 Å². The molecule has 0 spiro atoms. The fourth-order valence-electron chi connectivity index (χ4n) is 2.76. The molecule has 6 nitrogen and oxygen atoms in total. The highest BCUT2D eigenvalue weighted by atomic mass is 35.5. The fraction of sp³-hybridized carbons (Fsp3) is 0.353. The van der Waals surface area contributed by atoms with Crippen LogP contribution in [0, 0.1) is 11.6 Å². The second kappa shape index (κ2) is 9.20. The van der Waals surface area contributed by atoms with Crippen LogP contribution in [0.5, 0.6) is 0 Å². The van der Waals surface area contributed by atoms with Crippen molar-refractivity contribution in [3.05, 3.63) is 51.5 Å². The van der Waals surface area contributed by atoms with E-state index in [1.165, 1.54) is 16.2 Å². The number of halogens is 3. The van der Waals surface area contributed by atoms with E-state index >= 15 is 0 Å². The number of thiazole rings is 1. The van der Waals surface area contributed by atoms with Crippen LogP contribution >= 0.6 is 23.7 Å². The van der Waals surface area contributed by atoms with Crippen LogP contribution < -0.4 is 5.73 Å². The van der Waals surface area contributed by atoms with Crippen LogP contribution in [0.3, 0.4) is 0 Å². The number of aromatic nitrogens is 1. The number of nitrogens with two attached hydrogens (primary N) is 1. The third kappa shape index (κ3) is 4.79.